The summed E-state index contributed by atoms with van der Waals surface area (Å²) in [6, 6.07) is 1.82. The fourth-order valence-corrected chi connectivity index (χ4v) is 2.63. The Labute approximate surface area is 99.0 Å². The minimum absolute atomic E-state index is 0.461. The van der Waals surface area contributed by atoms with Gasteiger partial charge in [-0.3, -0.25) is 9.89 Å². The van der Waals surface area contributed by atoms with Crippen LogP contribution < -0.4 is 0 Å². The summed E-state index contributed by atoms with van der Waals surface area (Å²) in [5.74, 6) is 0.461. The minimum Gasteiger partial charge on any atom is -0.472 e. The van der Waals surface area contributed by atoms with Crippen molar-refractivity contribution in [2.24, 2.45) is 0 Å². The monoisotopic (exact) mass is 230 g/mol. The SMILES string of the molecule is O=Cc1c(-c2ccoc2)n[nH]c1C1CCCC1. The van der Waals surface area contributed by atoms with E-state index in [-0.39, 0.29) is 0 Å². The molecular formula is C13H14N2O2. The fourth-order valence-electron chi connectivity index (χ4n) is 2.63. The topological polar surface area (TPSA) is 58.9 Å². The van der Waals surface area contributed by atoms with Gasteiger partial charge < -0.3 is 4.42 Å². The number of furan rings is 1. The zero-order chi connectivity index (χ0) is 11.7. The van der Waals surface area contributed by atoms with Crippen molar-refractivity contribution >= 4 is 6.29 Å². The van der Waals surface area contributed by atoms with E-state index in [2.05, 4.69) is 10.2 Å². The van der Waals surface area contributed by atoms with E-state index in [0.29, 0.717) is 17.2 Å². The molecule has 2 aromatic rings. The van der Waals surface area contributed by atoms with Crippen LogP contribution in [0.2, 0.25) is 0 Å². The molecule has 0 spiro atoms. The van der Waals surface area contributed by atoms with Crippen LogP contribution >= 0.6 is 0 Å². The van der Waals surface area contributed by atoms with Crippen molar-refractivity contribution in [1.82, 2.24) is 10.2 Å². The molecule has 0 amide bonds. The maximum absolute atomic E-state index is 11.3. The van der Waals surface area contributed by atoms with Crippen LogP contribution in [0.25, 0.3) is 11.3 Å². The van der Waals surface area contributed by atoms with Gasteiger partial charge in [0.2, 0.25) is 0 Å². The largest absolute Gasteiger partial charge is 0.472 e. The second-order valence-electron chi connectivity index (χ2n) is 4.51. The second-order valence-corrected chi connectivity index (χ2v) is 4.51. The molecule has 4 heteroatoms. The van der Waals surface area contributed by atoms with Gasteiger partial charge in [-0.2, -0.15) is 5.10 Å². The molecule has 1 aliphatic carbocycles. The van der Waals surface area contributed by atoms with Gasteiger partial charge >= 0.3 is 0 Å². The highest BCUT2D eigenvalue weighted by atomic mass is 16.3. The van der Waals surface area contributed by atoms with Crippen LogP contribution in [0.4, 0.5) is 0 Å². The molecule has 3 rings (SSSR count). The number of aldehydes is 1. The lowest BCUT2D eigenvalue weighted by atomic mass is 9.98. The lowest BCUT2D eigenvalue weighted by Crippen LogP contribution is -1.97. The number of nitrogens with one attached hydrogen (secondary N) is 1. The Bertz CT molecular complexity index is 508. The average Bonchev–Trinajstić information content (AvgIpc) is 3.09. The van der Waals surface area contributed by atoms with Gasteiger partial charge in [0.25, 0.3) is 0 Å². The Kier molecular flexibility index (Phi) is 2.55. The summed E-state index contributed by atoms with van der Waals surface area (Å²) >= 11 is 0. The van der Waals surface area contributed by atoms with E-state index in [4.69, 9.17) is 4.42 Å². The summed E-state index contributed by atoms with van der Waals surface area (Å²) in [4.78, 5) is 11.3. The van der Waals surface area contributed by atoms with Crippen LogP contribution in [-0.2, 0) is 0 Å². The van der Waals surface area contributed by atoms with Gasteiger partial charge in [-0.05, 0) is 18.9 Å². The maximum Gasteiger partial charge on any atom is 0.154 e. The molecule has 88 valence electrons. The summed E-state index contributed by atoms with van der Waals surface area (Å²) in [5.41, 5.74) is 3.25. The molecule has 1 saturated carbocycles. The molecule has 0 saturated heterocycles. The average molecular weight is 230 g/mol. The number of H-pyrrole nitrogens is 1. The third kappa shape index (κ3) is 1.69. The summed E-state index contributed by atoms with van der Waals surface area (Å²) in [6.45, 7) is 0. The van der Waals surface area contributed by atoms with Crippen molar-refractivity contribution < 1.29 is 9.21 Å². The van der Waals surface area contributed by atoms with Crippen LogP contribution in [0.5, 0.6) is 0 Å². The molecule has 0 unspecified atom stereocenters. The van der Waals surface area contributed by atoms with Crippen LogP contribution in [-0.4, -0.2) is 16.5 Å². The molecule has 2 heterocycles. The number of aromatic nitrogens is 2. The first-order valence-electron chi connectivity index (χ1n) is 5.96. The standard InChI is InChI=1S/C13H14N2O2/c16-7-11-12(9-3-1-2-4-9)14-15-13(11)10-5-6-17-8-10/h5-9H,1-4H2,(H,14,15). The van der Waals surface area contributed by atoms with Crippen molar-refractivity contribution in [2.75, 3.05) is 0 Å². The van der Waals surface area contributed by atoms with E-state index in [1.54, 1.807) is 12.5 Å². The van der Waals surface area contributed by atoms with Gasteiger partial charge in [-0.25, -0.2) is 0 Å². The Balaban J connectivity index is 2.03. The van der Waals surface area contributed by atoms with Gasteiger partial charge in [0.15, 0.2) is 6.29 Å². The maximum atomic E-state index is 11.3. The summed E-state index contributed by atoms with van der Waals surface area (Å²) in [6.07, 6.45) is 8.88. The molecule has 1 aliphatic rings. The second kappa shape index (κ2) is 4.20. The molecular weight excluding hydrogens is 216 g/mol. The Morgan fingerprint density at radius 2 is 2.24 bits per heavy atom. The first-order chi connectivity index (χ1) is 8.40. The molecule has 1 N–H and O–H groups in total. The first-order valence-corrected chi connectivity index (χ1v) is 5.96. The molecule has 0 bridgehead atoms. The number of hydrogen-bond donors (Lipinski definition) is 1. The van der Waals surface area contributed by atoms with Crippen LogP contribution in [0.3, 0.4) is 0 Å². The number of hydrogen-bond acceptors (Lipinski definition) is 3. The first kappa shape index (κ1) is 10.3. The zero-order valence-corrected chi connectivity index (χ0v) is 9.48. The highest BCUT2D eigenvalue weighted by Crippen LogP contribution is 2.36. The van der Waals surface area contributed by atoms with Gasteiger partial charge in [-0.1, -0.05) is 12.8 Å². The molecule has 0 aliphatic heterocycles. The number of nitrogens with zero attached hydrogens (tertiary/aromatic N) is 1. The van der Waals surface area contributed by atoms with Crippen molar-refractivity contribution in [3.8, 4) is 11.3 Å². The molecule has 1 fully saturated rings. The van der Waals surface area contributed by atoms with Gasteiger partial charge in [0.05, 0.1) is 18.1 Å². The number of rotatable bonds is 3. The number of carbonyl (C=O) groups is 1. The lowest BCUT2D eigenvalue weighted by molar-refractivity contribution is 0.112. The Morgan fingerprint density at radius 1 is 1.41 bits per heavy atom. The smallest absolute Gasteiger partial charge is 0.154 e. The van der Waals surface area contributed by atoms with E-state index in [1.165, 1.54) is 12.8 Å². The number of carbonyl (C=O) groups excluding carboxylic acids is 1. The third-order valence-corrected chi connectivity index (χ3v) is 3.51. The lowest BCUT2D eigenvalue weighted by Gasteiger charge is -2.06. The quantitative estimate of drug-likeness (QED) is 0.824. The van der Waals surface area contributed by atoms with E-state index < -0.39 is 0 Å². The van der Waals surface area contributed by atoms with Gasteiger partial charge in [0, 0.05) is 17.2 Å². The molecule has 0 atom stereocenters. The highest BCUT2D eigenvalue weighted by Gasteiger charge is 2.24. The zero-order valence-electron chi connectivity index (χ0n) is 9.48. The molecule has 4 nitrogen and oxygen atoms in total. The third-order valence-electron chi connectivity index (χ3n) is 3.51. The fraction of sp³-hybridized carbons (Fsp3) is 0.385. The Hall–Kier alpha value is -1.84. The molecule has 0 radical (unpaired) electrons. The van der Waals surface area contributed by atoms with Crippen LogP contribution in [0, 0.1) is 0 Å². The number of aromatic amines is 1. The van der Waals surface area contributed by atoms with Crippen molar-refractivity contribution in [1.29, 1.82) is 0 Å². The summed E-state index contributed by atoms with van der Waals surface area (Å²) in [5, 5.41) is 7.29. The van der Waals surface area contributed by atoms with Crippen LogP contribution in [0.15, 0.2) is 23.0 Å². The summed E-state index contributed by atoms with van der Waals surface area (Å²) in [7, 11) is 0. The van der Waals surface area contributed by atoms with E-state index in [0.717, 1.165) is 30.4 Å². The highest BCUT2D eigenvalue weighted by molar-refractivity contribution is 5.87. The van der Waals surface area contributed by atoms with Crippen molar-refractivity contribution in [3.05, 3.63) is 29.9 Å². The van der Waals surface area contributed by atoms with E-state index >= 15 is 0 Å². The van der Waals surface area contributed by atoms with Gasteiger partial charge in [-0.15, -0.1) is 0 Å². The predicted octanol–water partition coefficient (Wildman–Crippen LogP) is 3.14. The molecule has 2 aromatic heterocycles. The molecule has 0 aromatic carbocycles. The van der Waals surface area contributed by atoms with Crippen LogP contribution in [0.1, 0.15) is 47.7 Å². The van der Waals surface area contributed by atoms with E-state index in [1.807, 2.05) is 6.07 Å². The van der Waals surface area contributed by atoms with Crippen molar-refractivity contribution in [2.45, 2.75) is 31.6 Å². The Morgan fingerprint density at radius 3 is 2.88 bits per heavy atom. The molecule has 17 heavy (non-hydrogen) atoms. The van der Waals surface area contributed by atoms with E-state index in [9.17, 15) is 4.79 Å². The van der Waals surface area contributed by atoms with Crippen molar-refractivity contribution in [3.63, 3.8) is 0 Å². The van der Waals surface area contributed by atoms with Gasteiger partial charge in [0.1, 0.15) is 5.69 Å². The predicted molar refractivity (Wildman–Crippen MR) is 62.9 cm³/mol. The summed E-state index contributed by atoms with van der Waals surface area (Å²) < 4.78 is 5.03. The normalized spacial score (nSPS) is 16.5. The minimum atomic E-state index is 0.461.